The number of thiophene rings is 1. The molecule has 0 bridgehead atoms. The van der Waals surface area contributed by atoms with E-state index in [1.807, 2.05) is 7.05 Å². The highest BCUT2D eigenvalue weighted by molar-refractivity contribution is 7.89. The lowest BCUT2D eigenvalue weighted by atomic mass is 10.0. The first kappa shape index (κ1) is 25.3. The van der Waals surface area contributed by atoms with Crippen molar-refractivity contribution >= 4 is 44.2 Å². The summed E-state index contributed by atoms with van der Waals surface area (Å²) in [4.78, 5) is 40.0. The standard InChI is InChI=1S/C22H27N5O6S2/c1-22(2)11-33-12-27(22)35(31,32)14-6-4-13(5-7-14)18(28)24-20-17(19(29)25-21(23)30)15-8-9-26(3)10-16(15)34-20/h4-7H,8-12H2,1-3H3,(H,24,28)(H3,23,25,29,30). The number of nitrogens with zero attached hydrogens (tertiary/aromatic N) is 2. The Balaban J connectivity index is 1.58. The maximum absolute atomic E-state index is 13.0. The minimum Gasteiger partial charge on any atom is -0.363 e. The monoisotopic (exact) mass is 521 g/mol. The van der Waals surface area contributed by atoms with Crippen LogP contribution in [0.2, 0.25) is 0 Å². The van der Waals surface area contributed by atoms with Crippen molar-refractivity contribution in [3.8, 4) is 0 Å². The summed E-state index contributed by atoms with van der Waals surface area (Å²) in [6, 6.07) is 4.58. The molecule has 4 amide bonds. The predicted molar refractivity (Wildman–Crippen MR) is 130 cm³/mol. The average Bonchev–Trinajstić information content (AvgIpc) is 3.32. The molecule has 0 aliphatic carbocycles. The molecule has 1 aromatic carbocycles. The molecule has 0 atom stereocenters. The number of imide groups is 1. The van der Waals surface area contributed by atoms with Crippen LogP contribution in [-0.4, -0.2) is 67.9 Å². The number of rotatable bonds is 5. The van der Waals surface area contributed by atoms with Crippen molar-refractivity contribution in [2.45, 2.75) is 37.2 Å². The molecule has 2 aliphatic heterocycles. The number of sulfonamides is 1. The lowest BCUT2D eigenvalue weighted by Gasteiger charge is -2.28. The van der Waals surface area contributed by atoms with Crippen LogP contribution in [0.3, 0.4) is 0 Å². The Morgan fingerprint density at radius 2 is 1.83 bits per heavy atom. The quantitative estimate of drug-likeness (QED) is 0.540. The average molecular weight is 522 g/mol. The van der Waals surface area contributed by atoms with E-state index in [1.165, 1.54) is 39.9 Å². The van der Waals surface area contributed by atoms with Gasteiger partial charge in [-0.15, -0.1) is 11.3 Å². The number of carbonyl (C=O) groups is 3. The van der Waals surface area contributed by atoms with E-state index in [0.717, 1.165) is 17.0 Å². The number of likely N-dealkylation sites (N-methyl/N-ethyl adjacent to an activating group) is 1. The molecule has 4 rings (SSSR count). The van der Waals surface area contributed by atoms with Crippen LogP contribution in [0.5, 0.6) is 0 Å². The highest BCUT2D eigenvalue weighted by atomic mass is 32.2. The Morgan fingerprint density at radius 3 is 2.43 bits per heavy atom. The van der Waals surface area contributed by atoms with Crippen molar-refractivity contribution in [3.05, 3.63) is 45.8 Å². The number of hydrogen-bond donors (Lipinski definition) is 3. The van der Waals surface area contributed by atoms with E-state index in [2.05, 4.69) is 15.5 Å². The Kier molecular flexibility index (Phi) is 6.72. The number of primary amides is 1. The van der Waals surface area contributed by atoms with Gasteiger partial charge in [0.1, 0.15) is 11.7 Å². The van der Waals surface area contributed by atoms with Gasteiger partial charge in [0.25, 0.3) is 11.8 Å². The fourth-order valence-electron chi connectivity index (χ4n) is 4.13. The first-order valence-electron chi connectivity index (χ1n) is 10.9. The van der Waals surface area contributed by atoms with Gasteiger partial charge in [-0.3, -0.25) is 14.9 Å². The maximum Gasteiger partial charge on any atom is 0.319 e. The molecule has 11 nitrogen and oxygen atoms in total. The minimum absolute atomic E-state index is 0.0358. The summed E-state index contributed by atoms with van der Waals surface area (Å²) in [6.07, 6.45) is 0.586. The highest BCUT2D eigenvalue weighted by Crippen LogP contribution is 2.37. The molecule has 0 radical (unpaired) electrons. The van der Waals surface area contributed by atoms with Crippen LogP contribution in [0, 0.1) is 0 Å². The summed E-state index contributed by atoms with van der Waals surface area (Å²) in [5.74, 6) is -1.19. The number of amides is 4. The highest BCUT2D eigenvalue weighted by Gasteiger charge is 2.42. The lowest BCUT2D eigenvalue weighted by Crippen LogP contribution is -2.44. The third-order valence-corrected chi connectivity index (χ3v) is 9.16. The number of hydrogen-bond acceptors (Lipinski definition) is 8. The molecule has 0 saturated carbocycles. The molecule has 1 fully saturated rings. The van der Waals surface area contributed by atoms with Crippen LogP contribution in [-0.2, 0) is 27.7 Å². The third-order valence-electron chi connectivity index (χ3n) is 5.98. The normalized spacial score (nSPS) is 18.1. The van der Waals surface area contributed by atoms with Crippen molar-refractivity contribution < 1.29 is 27.5 Å². The van der Waals surface area contributed by atoms with Crippen molar-refractivity contribution in [2.24, 2.45) is 5.73 Å². The Hall–Kier alpha value is -2.84. The minimum atomic E-state index is -3.81. The topological polar surface area (TPSA) is 151 Å². The lowest BCUT2D eigenvalue weighted by molar-refractivity contribution is 0.0966. The first-order chi connectivity index (χ1) is 16.4. The summed E-state index contributed by atoms with van der Waals surface area (Å²) < 4.78 is 32.7. The van der Waals surface area contributed by atoms with Gasteiger partial charge in [-0.05, 0) is 57.1 Å². The van der Waals surface area contributed by atoms with E-state index < -0.39 is 33.4 Å². The number of anilines is 1. The summed E-state index contributed by atoms with van der Waals surface area (Å²) in [5, 5.41) is 5.13. The zero-order valence-electron chi connectivity index (χ0n) is 19.6. The van der Waals surface area contributed by atoms with Gasteiger partial charge in [0, 0.05) is 23.5 Å². The molecule has 13 heteroatoms. The molecule has 0 spiro atoms. The van der Waals surface area contributed by atoms with Crippen LogP contribution in [0.4, 0.5) is 9.80 Å². The van der Waals surface area contributed by atoms with Gasteiger partial charge in [-0.25, -0.2) is 13.2 Å². The molecular weight excluding hydrogens is 494 g/mol. The van der Waals surface area contributed by atoms with Gasteiger partial charge < -0.3 is 20.7 Å². The molecular formula is C22H27N5O6S2. The van der Waals surface area contributed by atoms with E-state index in [-0.39, 0.29) is 22.8 Å². The fraction of sp³-hybridized carbons (Fsp3) is 0.409. The van der Waals surface area contributed by atoms with E-state index in [9.17, 15) is 22.8 Å². The van der Waals surface area contributed by atoms with Gasteiger partial charge in [0.15, 0.2) is 0 Å². The third kappa shape index (κ3) is 4.95. The number of nitrogens with one attached hydrogen (secondary N) is 2. The van der Waals surface area contributed by atoms with Crippen LogP contribution in [0.15, 0.2) is 29.2 Å². The van der Waals surface area contributed by atoms with Crippen molar-refractivity contribution in [2.75, 3.05) is 32.2 Å². The smallest absolute Gasteiger partial charge is 0.319 e. The second kappa shape index (κ2) is 9.32. The number of fused-ring (bicyclic) bond motifs is 1. The van der Waals surface area contributed by atoms with E-state index >= 15 is 0 Å². The zero-order chi connectivity index (χ0) is 25.5. The van der Waals surface area contributed by atoms with E-state index in [4.69, 9.17) is 10.5 Å². The van der Waals surface area contributed by atoms with Gasteiger partial charge in [0.05, 0.1) is 22.6 Å². The van der Waals surface area contributed by atoms with Crippen LogP contribution >= 0.6 is 11.3 Å². The molecule has 1 saturated heterocycles. The number of urea groups is 1. The van der Waals surface area contributed by atoms with Gasteiger partial charge in [0.2, 0.25) is 10.0 Å². The maximum atomic E-state index is 13.0. The van der Waals surface area contributed by atoms with Crippen LogP contribution < -0.4 is 16.4 Å². The summed E-state index contributed by atoms with van der Waals surface area (Å²) in [6.45, 7) is 5.15. The predicted octanol–water partition coefficient (Wildman–Crippen LogP) is 1.55. The Morgan fingerprint density at radius 1 is 1.14 bits per heavy atom. The molecule has 188 valence electrons. The molecule has 2 aliphatic rings. The summed E-state index contributed by atoms with van der Waals surface area (Å²) >= 11 is 1.27. The number of carbonyl (C=O) groups excluding carboxylic acids is 3. The summed E-state index contributed by atoms with van der Waals surface area (Å²) in [7, 11) is -1.85. The SMILES string of the molecule is CN1CCc2c(sc(NC(=O)c3ccc(S(=O)(=O)N4COCC4(C)C)cc3)c2C(=O)NC(N)=O)C1. The largest absolute Gasteiger partial charge is 0.363 e. The fourth-order valence-corrected chi connectivity index (χ4v) is 7.11. The van der Waals surface area contributed by atoms with Crippen molar-refractivity contribution in [1.29, 1.82) is 0 Å². The second-order valence-electron chi connectivity index (χ2n) is 9.14. The molecule has 0 unspecified atom stereocenters. The van der Waals surface area contributed by atoms with E-state index in [0.29, 0.717) is 24.6 Å². The zero-order valence-corrected chi connectivity index (χ0v) is 21.2. The number of ether oxygens (including phenoxy) is 1. The summed E-state index contributed by atoms with van der Waals surface area (Å²) in [5.41, 5.74) is 5.66. The Bertz CT molecular complexity index is 1290. The number of benzene rings is 1. The molecule has 1 aromatic heterocycles. The molecule has 2 aromatic rings. The van der Waals surface area contributed by atoms with Gasteiger partial charge in [-0.2, -0.15) is 4.31 Å². The van der Waals surface area contributed by atoms with Crippen LogP contribution in [0.25, 0.3) is 0 Å². The molecule has 35 heavy (non-hydrogen) atoms. The number of nitrogens with two attached hydrogens (primary N) is 1. The molecule has 4 N–H and O–H groups in total. The van der Waals surface area contributed by atoms with E-state index in [1.54, 1.807) is 13.8 Å². The van der Waals surface area contributed by atoms with Crippen molar-refractivity contribution in [3.63, 3.8) is 0 Å². The van der Waals surface area contributed by atoms with Crippen molar-refractivity contribution in [1.82, 2.24) is 14.5 Å². The van der Waals surface area contributed by atoms with Crippen LogP contribution in [0.1, 0.15) is 45.0 Å². The van der Waals surface area contributed by atoms with Gasteiger partial charge >= 0.3 is 6.03 Å². The first-order valence-corrected chi connectivity index (χ1v) is 13.1. The van der Waals surface area contributed by atoms with Gasteiger partial charge in [-0.1, -0.05) is 0 Å². The Labute approximate surface area is 207 Å². The molecule has 3 heterocycles. The second-order valence-corrected chi connectivity index (χ2v) is 12.1.